The number of nitrogens with one attached hydrogen (secondary N) is 1. The van der Waals surface area contributed by atoms with Gasteiger partial charge < -0.3 is 4.90 Å². The molecule has 0 saturated carbocycles. The minimum atomic E-state index is 0.658. The summed E-state index contributed by atoms with van der Waals surface area (Å²) in [7, 11) is 0. The standard InChI is InChI=1S/C31H33N3S2/c1-21-16-22(2)18-26(17-21)35-24-8-10-27-28-11-9-25(20-30(28)31(32)29(27)19-24)36-34-14-12-33(13-15-34)23-6-4-3-5-7-23/h3-11,17,19-22,32H,12-16,18H2,1-2H3/t21-,22+/m0/s1. The van der Waals surface area contributed by atoms with E-state index in [0.717, 1.165) is 43.2 Å². The lowest BCUT2D eigenvalue weighted by atomic mass is 9.89. The van der Waals surface area contributed by atoms with Gasteiger partial charge in [0, 0.05) is 52.8 Å². The van der Waals surface area contributed by atoms with Crippen LogP contribution in [-0.4, -0.2) is 36.2 Å². The molecule has 0 unspecified atom stereocenters. The molecule has 36 heavy (non-hydrogen) atoms. The third kappa shape index (κ3) is 4.89. The van der Waals surface area contributed by atoms with E-state index in [2.05, 4.69) is 95.9 Å². The van der Waals surface area contributed by atoms with Crippen LogP contribution in [0.4, 0.5) is 5.69 Å². The highest BCUT2D eigenvalue weighted by molar-refractivity contribution is 8.03. The number of hydrogen-bond acceptors (Lipinski definition) is 5. The van der Waals surface area contributed by atoms with E-state index in [1.165, 1.54) is 44.4 Å². The minimum absolute atomic E-state index is 0.658. The Kier molecular flexibility index (Phi) is 6.72. The summed E-state index contributed by atoms with van der Waals surface area (Å²) in [6, 6.07) is 24.1. The zero-order chi connectivity index (χ0) is 24.6. The molecule has 6 rings (SSSR count). The second-order valence-corrected chi connectivity index (χ2v) is 12.8. The number of hydrogen-bond donors (Lipinski definition) is 1. The first-order valence-corrected chi connectivity index (χ1v) is 14.6. The zero-order valence-electron chi connectivity index (χ0n) is 21.0. The molecule has 3 aliphatic rings. The van der Waals surface area contributed by atoms with Gasteiger partial charge in [0.1, 0.15) is 0 Å². The van der Waals surface area contributed by atoms with Gasteiger partial charge in [-0.1, -0.05) is 62.0 Å². The van der Waals surface area contributed by atoms with Crippen LogP contribution in [0.15, 0.2) is 87.5 Å². The summed E-state index contributed by atoms with van der Waals surface area (Å²) >= 11 is 3.73. The van der Waals surface area contributed by atoms with Gasteiger partial charge in [0.2, 0.25) is 0 Å². The molecule has 184 valence electrons. The Labute approximate surface area is 223 Å². The largest absolute Gasteiger partial charge is 0.369 e. The van der Waals surface area contributed by atoms with Gasteiger partial charge >= 0.3 is 0 Å². The Morgan fingerprint density at radius 1 is 0.778 bits per heavy atom. The molecule has 2 atom stereocenters. The summed E-state index contributed by atoms with van der Waals surface area (Å²) in [5, 5.41) is 8.98. The van der Waals surface area contributed by atoms with Crippen molar-refractivity contribution in [3.63, 3.8) is 0 Å². The third-order valence-corrected chi connectivity index (χ3v) is 9.59. The molecule has 0 radical (unpaired) electrons. The van der Waals surface area contributed by atoms with E-state index in [1.54, 1.807) is 0 Å². The Bertz CT molecular complexity index is 1310. The number of benzene rings is 3. The molecule has 0 spiro atoms. The molecule has 0 aromatic heterocycles. The fourth-order valence-electron chi connectivity index (χ4n) is 5.76. The number of fused-ring (bicyclic) bond motifs is 3. The maximum atomic E-state index is 8.98. The molecule has 3 aromatic rings. The summed E-state index contributed by atoms with van der Waals surface area (Å²) in [6.45, 7) is 8.82. The van der Waals surface area contributed by atoms with Crippen molar-refractivity contribution >= 4 is 35.1 Å². The van der Waals surface area contributed by atoms with Crippen LogP contribution in [0.5, 0.6) is 0 Å². The average molecular weight is 512 g/mol. The molecule has 2 aliphatic carbocycles. The van der Waals surface area contributed by atoms with Crippen LogP contribution in [0.2, 0.25) is 0 Å². The van der Waals surface area contributed by atoms with Crippen LogP contribution in [0.3, 0.4) is 0 Å². The van der Waals surface area contributed by atoms with Gasteiger partial charge in [0.15, 0.2) is 0 Å². The summed E-state index contributed by atoms with van der Waals surface area (Å²) < 4.78 is 2.46. The van der Waals surface area contributed by atoms with E-state index in [-0.39, 0.29) is 0 Å². The molecular formula is C31H33N3S2. The Morgan fingerprint density at radius 2 is 1.44 bits per heavy atom. The Balaban J connectivity index is 1.14. The van der Waals surface area contributed by atoms with Crippen molar-refractivity contribution < 1.29 is 0 Å². The van der Waals surface area contributed by atoms with Crippen LogP contribution < -0.4 is 4.90 Å². The average Bonchev–Trinajstić information content (AvgIpc) is 3.15. The van der Waals surface area contributed by atoms with E-state index >= 15 is 0 Å². The molecule has 1 aliphatic heterocycles. The molecule has 0 amide bonds. The van der Waals surface area contributed by atoms with Crippen LogP contribution >= 0.6 is 23.7 Å². The molecule has 0 bridgehead atoms. The molecule has 1 saturated heterocycles. The predicted octanol–water partition coefficient (Wildman–Crippen LogP) is 7.95. The molecular weight excluding hydrogens is 478 g/mol. The number of piperazine rings is 1. The van der Waals surface area contributed by atoms with Crippen molar-refractivity contribution in [2.45, 2.75) is 36.5 Å². The Morgan fingerprint density at radius 3 is 2.14 bits per heavy atom. The molecule has 1 fully saturated rings. The van der Waals surface area contributed by atoms with E-state index in [9.17, 15) is 0 Å². The monoisotopic (exact) mass is 511 g/mol. The van der Waals surface area contributed by atoms with Crippen molar-refractivity contribution in [1.29, 1.82) is 5.41 Å². The SMILES string of the molecule is C[C@H]1CC(Sc2ccc3c(c2)C(=N)c2cc(SN4CCN(c5ccccc5)CC4)ccc2-3)=C[C@@H](C)C1. The van der Waals surface area contributed by atoms with Gasteiger partial charge in [-0.15, -0.1) is 0 Å². The van der Waals surface area contributed by atoms with Crippen molar-refractivity contribution in [2.24, 2.45) is 11.8 Å². The lowest BCUT2D eigenvalue weighted by Crippen LogP contribution is -2.43. The van der Waals surface area contributed by atoms with Crippen molar-refractivity contribution in [2.75, 3.05) is 31.1 Å². The highest BCUT2D eigenvalue weighted by Crippen LogP contribution is 2.43. The van der Waals surface area contributed by atoms with E-state index in [4.69, 9.17) is 5.41 Å². The van der Waals surface area contributed by atoms with Gasteiger partial charge in [-0.3, -0.25) is 5.41 Å². The number of thioether (sulfide) groups is 1. The first-order valence-electron chi connectivity index (χ1n) is 13.0. The fourth-order valence-corrected chi connectivity index (χ4v) is 7.99. The third-order valence-electron chi connectivity index (χ3n) is 7.45. The molecule has 1 N–H and O–H groups in total. The summed E-state index contributed by atoms with van der Waals surface area (Å²) in [5.74, 6) is 1.41. The van der Waals surface area contributed by atoms with E-state index < -0.39 is 0 Å². The van der Waals surface area contributed by atoms with Gasteiger partial charge in [-0.05, 0) is 89.1 Å². The number of para-hydroxylation sites is 1. The van der Waals surface area contributed by atoms with Crippen LogP contribution in [0.1, 0.15) is 37.8 Å². The van der Waals surface area contributed by atoms with Gasteiger partial charge in [-0.25, -0.2) is 4.31 Å². The quantitative estimate of drug-likeness (QED) is 0.275. The number of nitrogens with zero attached hydrogens (tertiary/aromatic N) is 2. The van der Waals surface area contributed by atoms with Crippen LogP contribution in [0.25, 0.3) is 11.1 Å². The number of allylic oxidation sites excluding steroid dienone is 2. The summed E-state index contributed by atoms with van der Waals surface area (Å²) in [6.07, 6.45) is 4.91. The van der Waals surface area contributed by atoms with Gasteiger partial charge in [0.25, 0.3) is 0 Å². The first kappa shape index (κ1) is 23.9. The molecule has 3 nitrogen and oxygen atoms in total. The van der Waals surface area contributed by atoms with E-state index in [0.29, 0.717) is 11.6 Å². The maximum Gasteiger partial charge on any atom is 0.0697 e. The topological polar surface area (TPSA) is 30.3 Å². The summed E-state index contributed by atoms with van der Waals surface area (Å²) in [5.41, 5.74) is 6.52. The first-order chi connectivity index (χ1) is 17.5. The van der Waals surface area contributed by atoms with Crippen molar-refractivity contribution in [3.8, 4) is 11.1 Å². The predicted molar refractivity (Wildman–Crippen MR) is 155 cm³/mol. The smallest absolute Gasteiger partial charge is 0.0697 e. The van der Waals surface area contributed by atoms with Gasteiger partial charge in [0.05, 0.1) is 5.71 Å². The lowest BCUT2D eigenvalue weighted by Gasteiger charge is -2.35. The fraction of sp³-hybridized carbons (Fsp3) is 0.323. The highest BCUT2D eigenvalue weighted by atomic mass is 32.2. The summed E-state index contributed by atoms with van der Waals surface area (Å²) in [4.78, 5) is 6.43. The normalized spacial score (nSPS) is 21.8. The molecule has 3 aromatic carbocycles. The van der Waals surface area contributed by atoms with Crippen LogP contribution in [0, 0.1) is 17.2 Å². The maximum absolute atomic E-state index is 8.98. The zero-order valence-corrected chi connectivity index (χ0v) is 22.7. The highest BCUT2D eigenvalue weighted by Gasteiger charge is 2.26. The second-order valence-electron chi connectivity index (χ2n) is 10.4. The van der Waals surface area contributed by atoms with Gasteiger partial charge in [-0.2, -0.15) is 0 Å². The lowest BCUT2D eigenvalue weighted by molar-refractivity contribution is 0.429. The van der Waals surface area contributed by atoms with Crippen LogP contribution in [-0.2, 0) is 0 Å². The minimum Gasteiger partial charge on any atom is -0.369 e. The van der Waals surface area contributed by atoms with Crippen molar-refractivity contribution in [1.82, 2.24) is 4.31 Å². The number of anilines is 1. The van der Waals surface area contributed by atoms with Crippen molar-refractivity contribution in [3.05, 3.63) is 88.8 Å². The molecule has 1 heterocycles. The number of rotatable bonds is 5. The second kappa shape index (κ2) is 10.1. The van der Waals surface area contributed by atoms with E-state index in [1.807, 2.05) is 23.7 Å². The molecule has 5 heteroatoms. The Hall–Kier alpha value is -2.47.